The van der Waals surface area contributed by atoms with Gasteiger partial charge in [-0.1, -0.05) is 23.7 Å². The molecule has 4 rings (SSSR count). The molecule has 0 saturated heterocycles. The van der Waals surface area contributed by atoms with Gasteiger partial charge in [0.2, 0.25) is 0 Å². The van der Waals surface area contributed by atoms with Crippen LogP contribution in [0.25, 0.3) is 23.2 Å². The van der Waals surface area contributed by atoms with E-state index in [0.29, 0.717) is 6.61 Å². The Morgan fingerprint density at radius 2 is 1.97 bits per heavy atom. The van der Waals surface area contributed by atoms with Crippen LogP contribution in [-0.4, -0.2) is 16.2 Å². The molecular formula is C24H23ClN2O2. The first-order valence-electron chi connectivity index (χ1n) is 9.76. The van der Waals surface area contributed by atoms with Crippen molar-refractivity contribution in [2.45, 2.75) is 26.3 Å². The summed E-state index contributed by atoms with van der Waals surface area (Å²) in [7, 11) is 0. The van der Waals surface area contributed by atoms with E-state index in [-0.39, 0.29) is 0 Å². The predicted octanol–water partition coefficient (Wildman–Crippen LogP) is 6.62. The van der Waals surface area contributed by atoms with Crippen LogP contribution < -0.4 is 4.74 Å². The van der Waals surface area contributed by atoms with Crippen LogP contribution in [0.15, 0.2) is 65.3 Å². The summed E-state index contributed by atoms with van der Waals surface area (Å²) in [5.41, 5.74) is 3.17. The van der Waals surface area contributed by atoms with E-state index in [2.05, 4.69) is 10.6 Å². The number of unbranched alkanes of at least 4 members (excludes halogenated alkanes) is 1. The van der Waals surface area contributed by atoms with Crippen LogP contribution in [0.1, 0.15) is 30.0 Å². The zero-order valence-electron chi connectivity index (χ0n) is 16.3. The van der Waals surface area contributed by atoms with E-state index in [0.717, 1.165) is 58.3 Å². The zero-order valence-corrected chi connectivity index (χ0v) is 17.1. The van der Waals surface area contributed by atoms with E-state index in [1.807, 2.05) is 67.6 Å². The third kappa shape index (κ3) is 4.72. The molecule has 0 aliphatic heterocycles. The molecule has 2 heterocycles. The number of halogens is 1. The molecule has 29 heavy (non-hydrogen) atoms. The SMILES string of the molecule is Cc1cc(OCCCCn2c(/C=C/c3ccco3)nc3ccccc32)ccc1Cl. The Labute approximate surface area is 175 Å². The number of benzene rings is 2. The highest BCUT2D eigenvalue weighted by atomic mass is 35.5. The number of rotatable bonds is 8. The third-order valence-corrected chi connectivity index (χ3v) is 5.22. The van der Waals surface area contributed by atoms with Crippen molar-refractivity contribution < 1.29 is 9.15 Å². The van der Waals surface area contributed by atoms with Crippen molar-refractivity contribution in [3.63, 3.8) is 0 Å². The molecule has 148 valence electrons. The topological polar surface area (TPSA) is 40.2 Å². The molecule has 0 atom stereocenters. The molecule has 0 aliphatic rings. The lowest BCUT2D eigenvalue weighted by molar-refractivity contribution is 0.303. The molecule has 0 N–H and O–H groups in total. The van der Waals surface area contributed by atoms with Crippen molar-refractivity contribution in [3.05, 3.63) is 83.0 Å². The van der Waals surface area contributed by atoms with Crippen molar-refractivity contribution >= 4 is 34.8 Å². The molecule has 0 fully saturated rings. The Hall–Kier alpha value is -2.98. The predicted molar refractivity (Wildman–Crippen MR) is 118 cm³/mol. The summed E-state index contributed by atoms with van der Waals surface area (Å²) < 4.78 is 13.5. The standard InChI is InChI=1S/C24H23ClN2O2/c1-18-17-20(10-12-21(18)25)29-15-5-4-14-27-23-9-3-2-8-22(23)26-24(27)13-11-19-7-6-16-28-19/h2-3,6-13,16-17H,4-5,14-15H2,1H3/b13-11+. The molecule has 2 aromatic carbocycles. The largest absolute Gasteiger partial charge is 0.494 e. The Balaban J connectivity index is 1.40. The van der Waals surface area contributed by atoms with Crippen LogP contribution in [0.4, 0.5) is 0 Å². The highest BCUT2D eigenvalue weighted by molar-refractivity contribution is 6.31. The average Bonchev–Trinajstić information content (AvgIpc) is 3.36. The van der Waals surface area contributed by atoms with Gasteiger partial charge in [-0.3, -0.25) is 0 Å². The van der Waals surface area contributed by atoms with E-state index in [1.165, 1.54) is 0 Å². The van der Waals surface area contributed by atoms with E-state index >= 15 is 0 Å². The Kier molecular flexibility index (Phi) is 6.01. The van der Waals surface area contributed by atoms with Crippen LogP contribution in [0.3, 0.4) is 0 Å². The summed E-state index contributed by atoms with van der Waals surface area (Å²) >= 11 is 6.07. The second-order valence-corrected chi connectivity index (χ2v) is 7.33. The first-order chi connectivity index (χ1) is 14.2. The van der Waals surface area contributed by atoms with Gasteiger partial charge in [0.15, 0.2) is 0 Å². The Morgan fingerprint density at radius 3 is 2.79 bits per heavy atom. The molecule has 5 heteroatoms. The van der Waals surface area contributed by atoms with Crippen molar-refractivity contribution in [3.8, 4) is 5.75 Å². The molecule has 0 bridgehead atoms. The summed E-state index contributed by atoms with van der Waals surface area (Å²) in [5.74, 6) is 2.61. The van der Waals surface area contributed by atoms with Crippen molar-refractivity contribution in [2.24, 2.45) is 0 Å². The first-order valence-corrected chi connectivity index (χ1v) is 10.1. The molecule has 0 unspecified atom stereocenters. The molecule has 4 aromatic rings. The van der Waals surface area contributed by atoms with Crippen LogP contribution in [-0.2, 0) is 6.54 Å². The van der Waals surface area contributed by atoms with Crippen LogP contribution in [0.2, 0.25) is 5.02 Å². The molecule has 0 amide bonds. The van der Waals surface area contributed by atoms with E-state index in [4.69, 9.17) is 25.7 Å². The highest BCUT2D eigenvalue weighted by Crippen LogP contribution is 2.22. The fourth-order valence-electron chi connectivity index (χ4n) is 3.27. The minimum absolute atomic E-state index is 0.672. The molecule has 0 spiro atoms. The number of furan rings is 1. The Bertz CT molecular complexity index is 1110. The van der Waals surface area contributed by atoms with Crippen LogP contribution in [0.5, 0.6) is 5.75 Å². The lowest BCUT2D eigenvalue weighted by Crippen LogP contribution is -2.04. The quantitative estimate of drug-likeness (QED) is 0.308. The molecule has 0 aliphatic carbocycles. The second-order valence-electron chi connectivity index (χ2n) is 6.93. The number of hydrogen-bond acceptors (Lipinski definition) is 3. The maximum Gasteiger partial charge on any atom is 0.133 e. The monoisotopic (exact) mass is 406 g/mol. The average molecular weight is 407 g/mol. The van der Waals surface area contributed by atoms with Gasteiger partial charge < -0.3 is 13.7 Å². The summed E-state index contributed by atoms with van der Waals surface area (Å²) in [6, 6.07) is 17.8. The minimum Gasteiger partial charge on any atom is -0.494 e. The third-order valence-electron chi connectivity index (χ3n) is 4.80. The lowest BCUT2D eigenvalue weighted by atomic mass is 10.2. The van der Waals surface area contributed by atoms with E-state index in [9.17, 15) is 0 Å². The molecule has 2 aromatic heterocycles. The number of imidazole rings is 1. The fraction of sp³-hybridized carbons (Fsp3) is 0.208. The number of aromatic nitrogens is 2. The van der Waals surface area contributed by atoms with Gasteiger partial charge in [0, 0.05) is 11.6 Å². The van der Waals surface area contributed by atoms with E-state index < -0.39 is 0 Å². The van der Waals surface area contributed by atoms with E-state index in [1.54, 1.807) is 6.26 Å². The molecule has 4 nitrogen and oxygen atoms in total. The van der Waals surface area contributed by atoms with Gasteiger partial charge in [0.25, 0.3) is 0 Å². The number of para-hydroxylation sites is 2. The number of fused-ring (bicyclic) bond motifs is 1. The number of ether oxygens (including phenoxy) is 1. The fourth-order valence-corrected chi connectivity index (χ4v) is 3.39. The number of hydrogen-bond donors (Lipinski definition) is 0. The summed E-state index contributed by atoms with van der Waals surface area (Å²) in [5, 5.41) is 0.763. The Morgan fingerprint density at radius 1 is 1.07 bits per heavy atom. The molecular weight excluding hydrogens is 384 g/mol. The second kappa shape index (κ2) is 9.01. The maximum absolute atomic E-state index is 6.07. The van der Waals surface area contributed by atoms with Gasteiger partial charge in [0.1, 0.15) is 17.3 Å². The van der Waals surface area contributed by atoms with Crippen molar-refractivity contribution in [1.82, 2.24) is 9.55 Å². The smallest absolute Gasteiger partial charge is 0.133 e. The van der Waals surface area contributed by atoms with Gasteiger partial charge >= 0.3 is 0 Å². The van der Waals surface area contributed by atoms with Gasteiger partial charge in [-0.25, -0.2) is 4.98 Å². The summed E-state index contributed by atoms with van der Waals surface area (Å²) in [6.07, 6.45) is 7.57. The zero-order chi connectivity index (χ0) is 20.1. The van der Waals surface area contributed by atoms with Crippen LogP contribution >= 0.6 is 11.6 Å². The maximum atomic E-state index is 6.07. The first kappa shape index (κ1) is 19.3. The van der Waals surface area contributed by atoms with Crippen molar-refractivity contribution in [2.75, 3.05) is 6.61 Å². The van der Waals surface area contributed by atoms with Crippen molar-refractivity contribution in [1.29, 1.82) is 0 Å². The lowest BCUT2D eigenvalue weighted by Gasteiger charge is -2.09. The number of aryl methyl sites for hydroxylation is 2. The molecule has 0 saturated carbocycles. The normalized spacial score (nSPS) is 11.5. The van der Waals surface area contributed by atoms with Gasteiger partial charge in [-0.2, -0.15) is 0 Å². The highest BCUT2D eigenvalue weighted by Gasteiger charge is 2.08. The van der Waals surface area contributed by atoms with Gasteiger partial charge in [0.05, 0.1) is 23.9 Å². The minimum atomic E-state index is 0.672. The van der Waals surface area contributed by atoms with Gasteiger partial charge in [-0.05, 0) is 79.9 Å². The summed E-state index contributed by atoms with van der Waals surface area (Å²) in [4.78, 5) is 4.77. The summed E-state index contributed by atoms with van der Waals surface area (Å²) in [6.45, 7) is 3.53. The van der Waals surface area contributed by atoms with Crippen LogP contribution in [0, 0.1) is 6.92 Å². The molecule has 0 radical (unpaired) electrons. The van der Waals surface area contributed by atoms with Gasteiger partial charge in [-0.15, -0.1) is 0 Å². The number of nitrogens with zero attached hydrogens (tertiary/aromatic N) is 2.